The molecule has 3 heteroatoms. The van der Waals surface area contributed by atoms with Crippen molar-refractivity contribution < 1.29 is 5.11 Å². The number of aliphatic hydroxyl groups is 1. The molecule has 18 heavy (non-hydrogen) atoms. The first-order chi connectivity index (χ1) is 8.49. The van der Waals surface area contributed by atoms with Crippen LogP contribution >= 0.6 is 34.2 Å². The van der Waals surface area contributed by atoms with Crippen LogP contribution in [0.1, 0.15) is 44.8 Å². The maximum atomic E-state index is 10.6. The van der Waals surface area contributed by atoms with Crippen molar-refractivity contribution in [1.82, 2.24) is 0 Å². The minimum Gasteiger partial charge on any atom is -0.388 e. The number of hydrogen-bond donors (Lipinski definition) is 1. The Labute approximate surface area is 128 Å². The summed E-state index contributed by atoms with van der Waals surface area (Å²) in [5, 5.41) is 11.3. The molecule has 0 spiro atoms. The minimum atomic E-state index is -0.370. The molecule has 4 unspecified atom stereocenters. The number of halogens is 2. The van der Waals surface area contributed by atoms with E-state index in [0.717, 1.165) is 27.9 Å². The molecule has 1 N–H and O–H groups in total. The van der Waals surface area contributed by atoms with Crippen LogP contribution in [0.4, 0.5) is 0 Å². The minimum absolute atomic E-state index is 0.370. The average Bonchev–Trinajstić information content (AvgIpc) is 2.35. The maximum Gasteiger partial charge on any atom is 0.0829 e. The first-order valence-corrected chi connectivity index (χ1v) is 8.07. The first kappa shape index (κ1) is 14.6. The lowest BCUT2D eigenvalue weighted by Gasteiger charge is -2.35. The lowest BCUT2D eigenvalue weighted by molar-refractivity contribution is 0.0555. The van der Waals surface area contributed by atoms with Gasteiger partial charge in [0.15, 0.2) is 0 Å². The summed E-state index contributed by atoms with van der Waals surface area (Å²) in [6.07, 6.45) is 3.09. The Kier molecular flexibility index (Phi) is 4.95. The third-order valence-electron chi connectivity index (χ3n) is 4.36. The van der Waals surface area contributed by atoms with Gasteiger partial charge < -0.3 is 5.11 Å². The molecular weight excluding hydrogens is 359 g/mol. The second kappa shape index (κ2) is 6.10. The summed E-state index contributed by atoms with van der Waals surface area (Å²) < 4.78 is 1.11. The molecule has 1 aromatic rings. The normalized spacial score (nSPS) is 30.2. The van der Waals surface area contributed by atoms with Gasteiger partial charge in [-0.3, -0.25) is 0 Å². The summed E-state index contributed by atoms with van der Waals surface area (Å²) in [5.74, 6) is 1.87. The van der Waals surface area contributed by atoms with Gasteiger partial charge in [-0.2, -0.15) is 0 Å². The van der Waals surface area contributed by atoms with E-state index in [1.807, 2.05) is 18.2 Å². The molecule has 100 valence electrons. The number of aliphatic hydroxyl groups excluding tert-OH is 1. The van der Waals surface area contributed by atoms with Crippen molar-refractivity contribution in [3.05, 3.63) is 32.4 Å². The molecule has 0 radical (unpaired) electrons. The van der Waals surface area contributed by atoms with E-state index in [2.05, 4.69) is 36.4 Å². The van der Waals surface area contributed by atoms with Crippen molar-refractivity contribution in [1.29, 1.82) is 0 Å². The van der Waals surface area contributed by atoms with Crippen LogP contribution in [0.3, 0.4) is 0 Å². The van der Waals surface area contributed by atoms with Crippen LogP contribution < -0.4 is 0 Å². The molecule has 0 aromatic heterocycles. The van der Waals surface area contributed by atoms with Gasteiger partial charge in [0.2, 0.25) is 0 Å². The summed E-state index contributed by atoms with van der Waals surface area (Å²) in [7, 11) is 0. The van der Waals surface area contributed by atoms with E-state index >= 15 is 0 Å². The standard InChI is InChI=1S/C15H20ClIO/c1-9-3-4-11(7-10(9)2)15(18)13-8-12(16)5-6-14(13)17/h5-6,8-11,15,18H,3-4,7H2,1-2H3. The van der Waals surface area contributed by atoms with Crippen LogP contribution in [-0.4, -0.2) is 5.11 Å². The molecule has 1 nitrogen and oxygen atoms in total. The third-order valence-corrected chi connectivity index (χ3v) is 5.58. The fourth-order valence-corrected chi connectivity index (χ4v) is 3.71. The van der Waals surface area contributed by atoms with Gasteiger partial charge in [0.25, 0.3) is 0 Å². The van der Waals surface area contributed by atoms with Crippen LogP contribution in [0.5, 0.6) is 0 Å². The molecule has 1 saturated carbocycles. The Morgan fingerprint density at radius 1 is 1.28 bits per heavy atom. The first-order valence-electron chi connectivity index (χ1n) is 6.62. The average molecular weight is 379 g/mol. The second-order valence-electron chi connectivity index (χ2n) is 5.64. The van der Waals surface area contributed by atoms with Gasteiger partial charge in [0, 0.05) is 8.59 Å². The quantitative estimate of drug-likeness (QED) is 0.714. The summed E-state index contributed by atoms with van der Waals surface area (Å²) in [4.78, 5) is 0. The van der Waals surface area contributed by atoms with E-state index in [4.69, 9.17) is 11.6 Å². The predicted octanol–water partition coefficient (Wildman–Crippen LogP) is 5.05. The van der Waals surface area contributed by atoms with E-state index in [0.29, 0.717) is 16.9 Å². The highest BCUT2D eigenvalue weighted by molar-refractivity contribution is 14.1. The molecule has 1 aromatic carbocycles. The Balaban J connectivity index is 2.16. The lowest BCUT2D eigenvalue weighted by Crippen LogP contribution is -2.25. The number of hydrogen-bond acceptors (Lipinski definition) is 1. The van der Waals surface area contributed by atoms with Crippen molar-refractivity contribution in [3.8, 4) is 0 Å². The molecule has 0 amide bonds. The van der Waals surface area contributed by atoms with Gasteiger partial charge in [0.05, 0.1) is 6.10 Å². The Morgan fingerprint density at radius 2 is 2.00 bits per heavy atom. The fourth-order valence-electron chi connectivity index (χ4n) is 2.87. The van der Waals surface area contributed by atoms with Gasteiger partial charge in [-0.05, 0) is 76.9 Å². The predicted molar refractivity (Wildman–Crippen MR) is 84.8 cm³/mol. The second-order valence-corrected chi connectivity index (χ2v) is 7.24. The molecular formula is C15H20ClIO. The van der Waals surface area contributed by atoms with E-state index in [-0.39, 0.29) is 6.10 Å². The van der Waals surface area contributed by atoms with Crippen molar-refractivity contribution in [2.45, 2.75) is 39.2 Å². The van der Waals surface area contributed by atoms with Crippen molar-refractivity contribution in [3.63, 3.8) is 0 Å². The van der Waals surface area contributed by atoms with E-state index in [1.165, 1.54) is 6.42 Å². The lowest BCUT2D eigenvalue weighted by atomic mass is 9.73. The van der Waals surface area contributed by atoms with Gasteiger partial charge >= 0.3 is 0 Å². The Bertz CT molecular complexity index is 421. The van der Waals surface area contributed by atoms with Crippen LogP contribution in [0.2, 0.25) is 5.02 Å². The van der Waals surface area contributed by atoms with Crippen LogP contribution in [-0.2, 0) is 0 Å². The zero-order valence-electron chi connectivity index (χ0n) is 10.9. The van der Waals surface area contributed by atoms with Crippen molar-refractivity contribution >= 4 is 34.2 Å². The Hall–Kier alpha value is 0.200. The van der Waals surface area contributed by atoms with Gasteiger partial charge in [-0.15, -0.1) is 0 Å². The van der Waals surface area contributed by atoms with Crippen molar-refractivity contribution in [2.75, 3.05) is 0 Å². The summed E-state index contributed by atoms with van der Waals surface area (Å²) in [6.45, 7) is 4.61. The van der Waals surface area contributed by atoms with Gasteiger partial charge in [-0.25, -0.2) is 0 Å². The fraction of sp³-hybridized carbons (Fsp3) is 0.600. The molecule has 4 atom stereocenters. The van der Waals surface area contributed by atoms with Gasteiger partial charge in [-0.1, -0.05) is 31.9 Å². The topological polar surface area (TPSA) is 20.2 Å². The van der Waals surface area contributed by atoms with E-state index < -0.39 is 0 Å². The largest absolute Gasteiger partial charge is 0.388 e. The molecule has 1 aliphatic rings. The molecule has 0 aliphatic heterocycles. The molecule has 1 aliphatic carbocycles. The highest BCUT2D eigenvalue weighted by Crippen LogP contribution is 2.41. The molecule has 1 fully saturated rings. The molecule has 0 saturated heterocycles. The van der Waals surface area contributed by atoms with E-state index in [1.54, 1.807) is 0 Å². The van der Waals surface area contributed by atoms with E-state index in [9.17, 15) is 5.11 Å². The number of benzene rings is 1. The van der Waals surface area contributed by atoms with Crippen LogP contribution in [0, 0.1) is 21.3 Å². The molecule has 2 rings (SSSR count). The zero-order chi connectivity index (χ0) is 13.3. The van der Waals surface area contributed by atoms with Crippen LogP contribution in [0.15, 0.2) is 18.2 Å². The zero-order valence-corrected chi connectivity index (χ0v) is 13.8. The molecule has 0 heterocycles. The smallest absolute Gasteiger partial charge is 0.0829 e. The summed E-state index contributed by atoms with van der Waals surface area (Å²) in [5.41, 5.74) is 0.995. The summed E-state index contributed by atoms with van der Waals surface area (Å²) in [6, 6.07) is 5.78. The maximum absolute atomic E-state index is 10.6. The highest BCUT2D eigenvalue weighted by atomic mass is 127. The van der Waals surface area contributed by atoms with Crippen LogP contribution in [0.25, 0.3) is 0 Å². The third kappa shape index (κ3) is 3.20. The SMILES string of the molecule is CC1CCC(C(O)c2cc(Cl)ccc2I)CC1C. The van der Waals surface area contributed by atoms with Gasteiger partial charge in [0.1, 0.15) is 0 Å². The Morgan fingerprint density at radius 3 is 2.67 bits per heavy atom. The highest BCUT2D eigenvalue weighted by Gasteiger charge is 2.30. The molecule has 0 bridgehead atoms. The monoisotopic (exact) mass is 378 g/mol. The number of rotatable bonds is 2. The van der Waals surface area contributed by atoms with Crippen molar-refractivity contribution in [2.24, 2.45) is 17.8 Å². The summed E-state index contributed by atoms with van der Waals surface area (Å²) >= 11 is 8.32.